The van der Waals surface area contributed by atoms with Crippen molar-refractivity contribution in [3.05, 3.63) is 0 Å². The van der Waals surface area contributed by atoms with Crippen molar-refractivity contribution in [1.29, 1.82) is 0 Å². The van der Waals surface area contributed by atoms with Gasteiger partial charge in [-0.1, -0.05) is 135 Å². The van der Waals surface area contributed by atoms with E-state index >= 15 is 0 Å². The van der Waals surface area contributed by atoms with E-state index in [4.69, 9.17) is 5.11 Å². The molecule has 0 rings (SSSR count). The summed E-state index contributed by atoms with van der Waals surface area (Å²) in [4.78, 5) is 0. The molecule has 0 amide bonds. The summed E-state index contributed by atoms with van der Waals surface area (Å²) < 4.78 is 0. The molecule has 3 nitrogen and oxygen atoms in total. The van der Waals surface area contributed by atoms with Gasteiger partial charge in [-0.3, -0.25) is 0 Å². The van der Waals surface area contributed by atoms with Crippen LogP contribution in [0.5, 0.6) is 0 Å². The molecule has 2 atom stereocenters. The molecule has 0 aromatic heterocycles. The van der Waals surface area contributed by atoms with E-state index in [1.807, 2.05) is 0 Å². The lowest BCUT2D eigenvalue weighted by Gasteiger charge is -2.14. The number of hydrogen-bond donors (Lipinski definition) is 3. The van der Waals surface area contributed by atoms with Gasteiger partial charge in [-0.05, 0) is 6.42 Å². The lowest BCUT2D eigenvalue weighted by Crippen LogP contribution is -2.28. The topological polar surface area (TPSA) is 60.7 Å². The molecule has 0 saturated heterocycles. The van der Waals surface area contributed by atoms with Crippen LogP contribution in [0.4, 0.5) is 0 Å². The number of hydrogen-bond acceptors (Lipinski definition) is 3. The molecule has 0 aliphatic heterocycles. The summed E-state index contributed by atoms with van der Waals surface area (Å²) in [7, 11) is 0. The predicted octanol–water partition coefficient (Wildman–Crippen LogP) is 6.91. The number of rotatable bonds is 23. The molecule has 0 aromatic carbocycles. The first-order chi connectivity index (χ1) is 13.7. The fourth-order valence-corrected chi connectivity index (χ4v) is 3.92. The summed E-state index contributed by atoms with van der Waals surface area (Å²) in [5, 5.41) is 27.6. The van der Waals surface area contributed by atoms with Gasteiger partial charge >= 0.3 is 0 Å². The molecule has 28 heavy (non-hydrogen) atoms. The van der Waals surface area contributed by atoms with Gasteiger partial charge in [0, 0.05) is 0 Å². The smallest absolute Gasteiger partial charge is 0.103 e. The zero-order chi connectivity index (χ0) is 20.7. The normalized spacial score (nSPS) is 13.7. The molecule has 0 heterocycles. The van der Waals surface area contributed by atoms with Gasteiger partial charge < -0.3 is 15.3 Å². The maximum atomic E-state index is 9.56. The second-order valence-corrected chi connectivity index (χ2v) is 8.82. The summed E-state index contributed by atoms with van der Waals surface area (Å²) in [5.41, 5.74) is 0. The quantitative estimate of drug-likeness (QED) is 0.163. The Labute approximate surface area is 176 Å². The molecule has 0 radical (unpaired) electrons. The van der Waals surface area contributed by atoms with E-state index in [0.717, 1.165) is 12.8 Å². The van der Waals surface area contributed by atoms with Crippen molar-refractivity contribution in [1.82, 2.24) is 0 Å². The van der Waals surface area contributed by atoms with E-state index < -0.39 is 12.2 Å². The summed E-state index contributed by atoms with van der Waals surface area (Å²) >= 11 is 0. The van der Waals surface area contributed by atoms with Gasteiger partial charge in [-0.25, -0.2) is 0 Å². The molecule has 0 bridgehead atoms. The number of unbranched alkanes of at least 4 members (excludes halogenated alkanes) is 19. The molecule has 0 aliphatic carbocycles. The van der Waals surface area contributed by atoms with Crippen LogP contribution >= 0.6 is 0 Å². The van der Waals surface area contributed by atoms with E-state index in [0.29, 0.717) is 6.42 Å². The SMILES string of the molecule is CCCCCCCCCCCCCCCCCCCCCCC(O)C(O)CO. The Morgan fingerprint density at radius 3 is 1.00 bits per heavy atom. The number of aliphatic hydroxyl groups excluding tert-OH is 3. The highest BCUT2D eigenvalue weighted by atomic mass is 16.4. The Balaban J connectivity index is 3.07. The van der Waals surface area contributed by atoms with E-state index in [1.165, 1.54) is 116 Å². The maximum absolute atomic E-state index is 9.56. The van der Waals surface area contributed by atoms with E-state index in [9.17, 15) is 10.2 Å². The fourth-order valence-electron chi connectivity index (χ4n) is 3.92. The average molecular weight is 401 g/mol. The Bertz CT molecular complexity index is 283. The van der Waals surface area contributed by atoms with Crippen LogP contribution in [0.15, 0.2) is 0 Å². The van der Waals surface area contributed by atoms with Crippen LogP contribution in [0.1, 0.15) is 142 Å². The minimum absolute atomic E-state index is 0.347. The standard InChI is InChI=1S/C25H52O3/c1-2-3-4-5-6-7-8-9-10-11-12-13-14-15-16-17-18-19-20-21-22-24(27)25(28)23-26/h24-28H,2-23H2,1H3. The molecule has 0 saturated carbocycles. The Morgan fingerprint density at radius 2 is 0.714 bits per heavy atom. The zero-order valence-electron chi connectivity index (χ0n) is 19.1. The Hall–Kier alpha value is -0.120. The molecule has 2 unspecified atom stereocenters. The van der Waals surface area contributed by atoms with Gasteiger partial charge in [0.15, 0.2) is 0 Å². The van der Waals surface area contributed by atoms with Crippen molar-refractivity contribution < 1.29 is 15.3 Å². The molecular weight excluding hydrogens is 348 g/mol. The maximum Gasteiger partial charge on any atom is 0.103 e. The molecule has 0 aliphatic rings. The van der Waals surface area contributed by atoms with Gasteiger partial charge in [0.2, 0.25) is 0 Å². The van der Waals surface area contributed by atoms with Gasteiger partial charge in [0.25, 0.3) is 0 Å². The summed E-state index contributed by atoms with van der Waals surface area (Å²) in [6, 6.07) is 0. The minimum atomic E-state index is -0.972. The molecule has 170 valence electrons. The van der Waals surface area contributed by atoms with Crippen molar-refractivity contribution in [3.63, 3.8) is 0 Å². The first-order valence-corrected chi connectivity index (χ1v) is 12.7. The highest BCUT2D eigenvalue weighted by Crippen LogP contribution is 2.15. The Kier molecular flexibility index (Phi) is 23.1. The highest BCUT2D eigenvalue weighted by molar-refractivity contribution is 4.65. The average Bonchev–Trinajstić information content (AvgIpc) is 2.71. The van der Waals surface area contributed by atoms with E-state index in [2.05, 4.69) is 6.92 Å². The molecule has 3 N–H and O–H groups in total. The van der Waals surface area contributed by atoms with E-state index in [-0.39, 0.29) is 6.61 Å². The van der Waals surface area contributed by atoms with Crippen LogP contribution in [0.2, 0.25) is 0 Å². The summed E-state index contributed by atoms with van der Waals surface area (Å²) in [6.45, 7) is 1.94. The van der Waals surface area contributed by atoms with Crippen molar-refractivity contribution in [2.75, 3.05) is 6.61 Å². The fraction of sp³-hybridized carbons (Fsp3) is 1.00. The minimum Gasteiger partial charge on any atom is -0.394 e. The summed E-state index contributed by atoms with van der Waals surface area (Å²) in [6.07, 6.45) is 26.1. The van der Waals surface area contributed by atoms with Crippen molar-refractivity contribution in [2.45, 2.75) is 154 Å². The number of aliphatic hydroxyl groups is 3. The van der Waals surface area contributed by atoms with Crippen molar-refractivity contribution in [2.24, 2.45) is 0 Å². The van der Waals surface area contributed by atoms with Crippen LogP contribution in [0.25, 0.3) is 0 Å². The van der Waals surface area contributed by atoms with Crippen LogP contribution in [0, 0.1) is 0 Å². The van der Waals surface area contributed by atoms with Gasteiger partial charge in [-0.2, -0.15) is 0 Å². The van der Waals surface area contributed by atoms with Crippen LogP contribution in [0.3, 0.4) is 0 Å². The second kappa shape index (κ2) is 23.2. The first-order valence-electron chi connectivity index (χ1n) is 12.7. The Morgan fingerprint density at radius 1 is 0.429 bits per heavy atom. The zero-order valence-corrected chi connectivity index (χ0v) is 19.1. The van der Waals surface area contributed by atoms with Crippen LogP contribution in [-0.4, -0.2) is 34.1 Å². The third-order valence-electron chi connectivity index (χ3n) is 5.98. The predicted molar refractivity (Wildman–Crippen MR) is 122 cm³/mol. The van der Waals surface area contributed by atoms with Gasteiger partial charge in [0.05, 0.1) is 12.7 Å². The first kappa shape index (κ1) is 27.9. The van der Waals surface area contributed by atoms with Gasteiger partial charge in [0.1, 0.15) is 6.10 Å². The molecule has 3 heteroatoms. The van der Waals surface area contributed by atoms with Crippen molar-refractivity contribution >= 4 is 0 Å². The lowest BCUT2D eigenvalue weighted by molar-refractivity contribution is -0.0185. The van der Waals surface area contributed by atoms with Gasteiger partial charge in [-0.15, -0.1) is 0 Å². The third kappa shape index (κ3) is 20.6. The van der Waals surface area contributed by atoms with Crippen LogP contribution < -0.4 is 0 Å². The van der Waals surface area contributed by atoms with Crippen LogP contribution in [-0.2, 0) is 0 Å². The molecule has 0 aromatic rings. The molecule has 0 spiro atoms. The van der Waals surface area contributed by atoms with Crippen molar-refractivity contribution in [3.8, 4) is 0 Å². The molecular formula is C25H52O3. The molecule has 0 fully saturated rings. The third-order valence-corrected chi connectivity index (χ3v) is 5.98. The van der Waals surface area contributed by atoms with E-state index in [1.54, 1.807) is 0 Å². The monoisotopic (exact) mass is 400 g/mol. The highest BCUT2D eigenvalue weighted by Gasteiger charge is 2.13. The lowest BCUT2D eigenvalue weighted by atomic mass is 10.0. The largest absolute Gasteiger partial charge is 0.394 e. The summed E-state index contributed by atoms with van der Waals surface area (Å²) in [5.74, 6) is 0. The second-order valence-electron chi connectivity index (χ2n) is 8.82.